The molecule has 6 heteroatoms. The summed E-state index contributed by atoms with van der Waals surface area (Å²) in [6, 6.07) is 14.9. The summed E-state index contributed by atoms with van der Waals surface area (Å²) in [4.78, 5) is 12.1. The predicted molar refractivity (Wildman–Crippen MR) is 97.7 cm³/mol. The molecule has 0 aliphatic carbocycles. The number of carbonyl (C=O) groups is 1. The fourth-order valence-electron chi connectivity index (χ4n) is 2.93. The number of sulfone groups is 1. The molecule has 1 aliphatic rings. The van der Waals surface area contributed by atoms with E-state index in [1.807, 2.05) is 31.2 Å². The fraction of sp³-hybridized carbons (Fsp3) is 0.316. The molecule has 0 aromatic heterocycles. The number of ether oxygens (including phenoxy) is 1. The molecule has 25 heavy (non-hydrogen) atoms. The summed E-state index contributed by atoms with van der Waals surface area (Å²) in [5.74, 6) is 1.52. The van der Waals surface area contributed by atoms with Crippen LogP contribution in [-0.4, -0.2) is 25.8 Å². The fourth-order valence-corrected chi connectivity index (χ4v) is 4.79. The Bertz CT molecular complexity index is 859. The van der Waals surface area contributed by atoms with Crippen LogP contribution in [0.5, 0.6) is 11.5 Å². The summed E-state index contributed by atoms with van der Waals surface area (Å²) >= 11 is 0. The van der Waals surface area contributed by atoms with E-state index in [9.17, 15) is 13.2 Å². The smallest absolute Gasteiger partial charge is 0.224 e. The number of amides is 1. The van der Waals surface area contributed by atoms with Gasteiger partial charge in [-0.1, -0.05) is 12.1 Å². The largest absolute Gasteiger partial charge is 0.457 e. The van der Waals surface area contributed by atoms with Crippen LogP contribution in [0.1, 0.15) is 18.4 Å². The van der Waals surface area contributed by atoms with Gasteiger partial charge in [0.15, 0.2) is 9.84 Å². The number of hydrogen-bond acceptors (Lipinski definition) is 4. The van der Waals surface area contributed by atoms with Gasteiger partial charge in [0.1, 0.15) is 11.5 Å². The third-order valence-corrected chi connectivity index (χ3v) is 6.00. The molecule has 0 unspecified atom stereocenters. The molecule has 1 fully saturated rings. The number of nitrogens with one attached hydrogen (secondary N) is 1. The van der Waals surface area contributed by atoms with Crippen molar-refractivity contribution in [2.45, 2.75) is 19.8 Å². The van der Waals surface area contributed by atoms with Gasteiger partial charge in [0.2, 0.25) is 5.91 Å². The quantitative estimate of drug-likeness (QED) is 0.886. The van der Waals surface area contributed by atoms with Crippen LogP contribution in [0.3, 0.4) is 0 Å². The number of aryl methyl sites for hydroxylation is 1. The van der Waals surface area contributed by atoms with Crippen molar-refractivity contribution in [1.29, 1.82) is 0 Å². The first-order valence-electron chi connectivity index (χ1n) is 8.24. The van der Waals surface area contributed by atoms with Crippen molar-refractivity contribution in [3.63, 3.8) is 0 Å². The molecule has 1 amide bonds. The molecule has 1 aliphatic heterocycles. The van der Waals surface area contributed by atoms with Crippen molar-refractivity contribution in [2.75, 3.05) is 16.8 Å². The Morgan fingerprint density at radius 1 is 1.16 bits per heavy atom. The highest BCUT2D eigenvalue weighted by molar-refractivity contribution is 7.91. The van der Waals surface area contributed by atoms with E-state index in [2.05, 4.69) is 5.32 Å². The maximum Gasteiger partial charge on any atom is 0.224 e. The Balaban J connectivity index is 1.54. The number of rotatable bonds is 5. The minimum absolute atomic E-state index is 0.0751. The van der Waals surface area contributed by atoms with Crippen molar-refractivity contribution in [3.8, 4) is 11.5 Å². The lowest BCUT2D eigenvalue weighted by Crippen LogP contribution is -2.17. The van der Waals surface area contributed by atoms with Crippen molar-refractivity contribution >= 4 is 21.4 Å². The summed E-state index contributed by atoms with van der Waals surface area (Å²) in [6.07, 6.45) is 0.805. The molecule has 0 spiro atoms. The van der Waals surface area contributed by atoms with E-state index in [4.69, 9.17) is 4.74 Å². The number of benzene rings is 2. The van der Waals surface area contributed by atoms with Crippen LogP contribution in [0.2, 0.25) is 0 Å². The van der Waals surface area contributed by atoms with E-state index < -0.39 is 9.84 Å². The van der Waals surface area contributed by atoms with Gasteiger partial charge in [-0.15, -0.1) is 0 Å². The lowest BCUT2D eigenvalue weighted by atomic mass is 10.1. The average molecular weight is 359 g/mol. The maximum absolute atomic E-state index is 12.1. The van der Waals surface area contributed by atoms with Crippen LogP contribution in [0.4, 0.5) is 5.69 Å². The van der Waals surface area contributed by atoms with Crippen LogP contribution < -0.4 is 10.1 Å². The summed E-state index contributed by atoms with van der Waals surface area (Å²) in [5.41, 5.74) is 1.79. The van der Waals surface area contributed by atoms with Crippen LogP contribution in [0.15, 0.2) is 48.5 Å². The highest BCUT2D eigenvalue weighted by Crippen LogP contribution is 2.25. The van der Waals surface area contributed by atoms with Gasteiger partial charge in [0.05, 0.1) is 11.5 Å². The zero-order valence-electron chi connectivity index (χ0n) is 14.1. The molecule has 2 aromatic carbocycles. The second-order valence-electron chi connectivity index (χ2n) is 6.46. The minimum atomic E-state index is -2.95. The van der Waals surface area contributed by atoms with Gasteiger partial charge in [-0.3, -0.25) is 4.79 Å². The summed E-state index contributed by atoms with van der Waals surface area (Å²) < 4.78 is 28.7. The molecule has 132 valence electrons. The monoisotopic (exact) mass is 359 g/mol. The van der Waals surface area contributed by atoms with Crippen molar-refractivity contribution in [2.24, 2.45) is 5.92 Å². The molecule has 0 radical (unpaired) electrons. The molecule has 1 atom stereocenters. The summed E-state index contributed by atoms with van der Waals surface area (Å²) in [6.45, 7) is 2.00. The second-order valence-corrected chi connectivity index (χ2v) is 8.69. The standard InChI is InChI=1S/C19H21NO4S/c1-14-3-2-4-18(11-14)24-17-7-5-16(6-8-17)20-19(21)12-15-9-10-25(22,23)13-15/h2-8,11,15H,9-10,12-13H2,1H3,(H,20,21)/t15-/m0/s1. The molecular weight excluding hydrogens is 338 g/mol. The Morgan fingerprint density at radius 2 is 1.92 bits per heavy atom. The van der Waals surface area contributed by atoms with Crippen molar-refractivity contribution in [3.05, 3.63) is 54.1 Å². The zero-order chi connectivity index (χ0) is 17.9. The zero-order valence-corrected chi connectivity index (χ0v) is 14.9. The maximum atomic E-state index is 12.1. The van der Waals surface area contributed by atoms with E-state index in [0.29, 0.717) is 17.9 Å². The Morgan fingerprint density at radius 3 is 2.56 bits per heavy atom. The third kappa shape index (κ3) is 5.06. The molecule has 0 saturated carbocycles. The first kappa shape index (κ1) is 17.5. The van der Waals surface area contributed by atoms with Gasteiger partial charge in [-0.2, -0.15) is 0 Å². The van der Waals surface area contributed by atoms with Gasteiger partial charge < -0.3 is 10.1 Å². The second kappa shape index (κ2) is 7.27. The van der Waals surface area contributed by atoms with Gasteiger partial charge in [0.25, 0.3) is 0 Å². The first-order chi connectivity index (χ1) is 11.9. The molecule has 1 heterocycles. The molecular formula is C19H21NO4S. The van der Waals surface area contributed by atoms with Crippen LogP contribution in [-0.2, 0) is 14.6 Å². The van der Waals surface area contributed by atoms with E-state index in [0.717, 1.165) is 11.3 Å². The van der Waals surface area contributed by atoms with Gasteiger partial charge in [-0.05, 0) is 61.2 Å². The van der Waals surface area contributed by atoms with Crippen molar-refractivity contribution < 1.29 is 17.9 Å². The molecule has 5 nitrogen and oxygen atoms in total. The average Bonchev–Trinajstić information content (AvgIpc) is 2.88. The summed E-state index contributed by atoms with van der Waals surface area (Å²) in [5, 5.41) is 2.81. The van der Waals surface area contributed by atoms with Gasteiger partial charge in [0, 0.05) is 12.1 Å². The van der Waals surface area contributed by atoms with Crippen LogP contribution >= 0.6 is 0 Å². The third-order valence-electron chi connectivity index (χ3n) is 4.16. The summed E-state index contributed by atoms with van der Waals surface area (Å²) in [7, 11) is -2.95. The molecule has 0 bridgehead atoms. The number of hydrogen-bond donors (Lipinski definition) is 1. The highest BCUT2D eigenvalue weighted by atomic mass is 32.2. The highest BCUT2D eigenvalue weighted by Gasteiger charge is 2.29. The molecule has 3 rings (SSSR count). The van der Waals surface area contributed by atoms with E-state index in [1.54, 1.807) is 24.3 Å². The lowest BCUT2D eigenvalue weighted by molar-refractivity contribution is -0.116. The minimum Gasteiger partial charge on any atom is -0.457 e. The van der Waals surface area contributed by atoms with Crippen LogP contribution in [0, 0.1) is 12.8 Å². The molecule has 2 aromatic rings. The predicted octanol–water partition coefficient (Wildman–Crippen LogP) is 3.55. The topological polar surface area (TPSA) is 72.5 Å². The number of anilines is 1. The molecule has 1 N–H and O–H groups in total. The van der Waals surface area contributed by atoms with Crippen LogP contribution in [0.25, 0.3) is 0 Å². The van der Waals surface area contributed by atoms with Gasteiger partial charge in [-0.25, -0.2) is 8.42 Å². The Hall–Kier alpha value is -2.34. The Labute approximate surface area is 147 Å². The van der Waals surface area contributed by atoms with Gasteiger partial charge >= 0.3 is 0 Å². The normalized spacial score (nSPS) is 18.7. The molecule has 1 saturated heterocycles. The van der Waals surface area contributed by atoms with E-state index in [1.165, 1.54) is 0 Å². The Kier molecular flexibility index (Phi) is 5.08. The van der Waals surface area contributed by atoms with E-state index >= 15 is 0 Å². The van der Waals surface area contributed by atoms with E-state index in [-0.39, 0.29) is 29.8 Å². The number of carbonyl (C=O) groups excluding carboxylic acids is 1. The first-order valence-corrected chi connectivity index (χ1v) is 10.1. The SMILES string of the molecule is Cc1cccc(Oc2ccc(NC(=O)C[C@@H]3CCS(=O)(=O)C3)cc2)c1. The lowest BCUT2D eigenvalue weighted by Gasteiger charge is -2.10. The van der Waals surface area contributed by atoms with Crippen molar-refractivity contribution in [1.82, 2.24) is 0 Å².